The summed E-state index contributed by atoms with van der Waals surface area (Å²) in [5.74, 6) is 0.369. The molecule has 5 nitrogen and oxygen atoms in total. The lowest BCUT2D eigenvalue weighted by molar-refractivity contribution is 0.0726. The molecule has 0 N–H and O–H groups in total. The minimum Gasteiger partial charge on any atom is -0.348 e. The lowest BCUT2D eigenvalue weighted by atomic mass is 10.0. The van der Waals surface area contributed by atoms with Gasteiger partial charge in [0.15, 0.2) is 5.82 Å². The molecular weight excluding hydrogens is 403 g/mol. The zero-order valence-electron chi connectivity index (χ0n) is 17.8. The van der Waals surface area contributed by atoms with E-state index in [2.05, 4.69) is 22.0 Å². The topological polar surface area (TPSA) is 49.3 Å². The van der Waals surface area contributed by atoms with Crippen molar-refractivity contribution in [2.75, 3.05) is 24.5 Å². The van der Waals surface area contributed by atoms with Crippen LogP contribution in [0.4, 0.5) is 10.2 Å². The summed E-state index contributed by atoms with van der Waals surface area (Å²) in [6.07, 6.45) is 0. The molecule has 32 heavy (non-hydrogen) atoms. The van der Waals surface area contributed by atoms with Crippen LogP contribution in [0.2, 0.25) is 0 Å². The van der Waals surface area contributed by atoms with Crippen LogP contribution in [0.15, 0.2) is 78.9 Å². The third-order valence-corrected chi connectivity index (χ3v) is 5.98. The number of rotatable bonds is 3. The van der Waals surface area contributed by atoms with E-state index in [1.54, 1.807) is 6.07 Å². The maximum Gasteiger partial charge on any atom is 0.253 e. The zero-order valence-corrected chi connectivity index (χ0v) is 17.8. The molecule has 1 saturated heterocycles. The third-order valence-electron chi connectivity index (χ3n) is 5.98. The molecule has 0 bridgehead atoms. The van der Waals surface area contributed by atoms with Gasteiger partial charge in [-0.2, -0.15) is 0 Å². The molecule has 2 heterocycles. The average Bonchev–Trinajstić information content (AvgIpc) is 2.84. The molecule has 4 aromatic rings. The van der Waals surface area contributed by atoms with Crippen molar-refractivity contribution in [1.29, 1.82) is 0 Å². The highest BCUT2D eigenvalue weighted by Crippen LogP contribution is 2.33. The maximum atomic E-state index is 14.3. The van der Waals surface area contributed by atoms with E-state index in [-0.39, 0.29) is 17.8 Å². The lowest BCUT2D eigenvalue weighted by Gasteiger charge is -2.40. The molecule has 1 amide bonds. The monoisotopic (exact) mass is 426 g/mol. The van der Waals surface area contributed by atoms with Crippen LogP contribution in [-0.4, -0.2) is 46.7 Å². The van der Waals surface area contributed by atoms with E-state index in [0.29, 0.717) is 31.0 Å². The first-order valence-electron chi connectivity index (χ1n) is 10.7. The van der Waals surface area contributed by atoms with E-state index in [1.807, 2.05) is 65.6 Å². The van der Waals surface area contributed by atoms with Crippen LogP contribution in [0.3, 0.4) is 0 Å². The molecule has 0 spiro atoms. The van der Waals surface area contributed by atoms with Gasteiger partial charge < -0.3 is 9.80 Å². The Hall–Kier alpha value is -3.80. The Labute approximate surface area is 186 Å². The Balaban J connectivity index is 1.48. The zero-order chi connectivity index (χ0) is 22.1. The van der Waals surface area contributed by atoms with E-state index in [1.165, 1.54) is 12.1 Å². The molecule has 1 fully saturated rings. The van der Waals surface area contributed by atoms with Gasteiger partial charge in [-0.3, -0.25) is 4.79 Å². The Bertz CT molecular complexity index is 1260. The highest BCUT2D eigenvalue weighted by atomic mass is 19.1. The summed E-state index contributed by atoms with van der Waals surface area (Å²) in [4.78, 5) is 16.9. The van der Waals surface area contributed by atoms with Gasteiger partial charge in [0.05, 0.1) is 0 Å². The number of anilines is 1. The van der Waals surface area contributed by atoms with Crippen LogP contribution in [0, 0.1) is 5.82 Å². The lowest BCUT2D eigenvalue weighted by Crippen LogP contribution is -2.54. The smallest absolute Gasteiger partial charge is 0.253 e. The molecule has 3 aromatic carbocycles. The fraction of sp³-hybridized carbons (Fsp3) is 0.192. The standard InChI is InChI=1S/C26H23FN4O/c1-18-17-30(26(32)20-10-6-3-7-11-20)14-15-31(18)25-23-16-21(27)12-13-22(23)24(28-29-25)19-8-4-2-5-9-19/h2-13,16,18H,14-15,17H2,1H3. The number of aromatic nitrogens is 2. The molecule has 6 heteroatoms. The fourth-order valence-electron chi connectivity index (χ4n) is 4.35. The Morgan fingerprint density at radius 2 is 1.62 bits per heavy atom. The van der Waals surface area contributed by atoms with Gasteiger partial charge in [-0.1, -0.05) is 48.5 Å². The summed E-state index contributed by atoms with van der Waals surface area (Å²) >= 11 is 0. The predicted molar refractivity (Wildman–Crippen MR) is 124 cm³/mol. The maximum absolute atomic E-state index is 14.3. The van der Waals surface area contributed by atoms with Gasteiger partial charge in [0, 0.05) is 47.6 Å². The number of fused-ring (bicyclic) bond motifs is 1. The van der Waals surface area contributed by atoms with Gasteiger partial charge in [0.2, 0.25) is 0 Å². The highest BCUT2D eigenvalue weighted by molar-refractivity contribution is 6.00. The summed E-state index contributed by atoms with van der Waals surface area (Å²) in [5.41, 5.74) is 2.36. The molecule has 1 aliphatic heterocycles. The second-order valence-corrected chi connectivity index (χ2v) is 8.09. The summed E-state index contributed by atoms with van der Waals surface area (Å²) in [7, 11) is 0. The van der Waals surface area contributed by atoms with Crippen molar-refractivity contribution >= 4 is 22.5 Å². The van der Waals surface area contributed by atoms with Crippen molar-refractivity contribution in [2.45, 2.75) is 13.0 Å². The molecule has 0 saturated carbocycles. The number of amides is 1. The minimum atomic E-state index is -0.309. The first-order valence-corrected chi connectivity index (χ1v) is 10.7. The SMILES string of the molecule is CC1CN(C(=O)c2ccccc2)CCN1c1nnc(-c2ccccc2)c2ccc(F)cc12. The van der Waals surface area contributed by atoms with E-state index < -0.39 is 0 Å². The number of carbonyl (C=O) groups excluding carboxylic acids is 1. The van der Waals surface area contributed by atoms with Crippen LogP contribution in [0.5, 0.6) is 0 Å². The van der Waals surface area contributed by atoms with Crippen molar-refractivity contribution in [1.82, 2.24) is 15.1 Å². The van der Waals surface area contributed by atoms with Crippen molar-refractivity contribution in [2.24, 2.45) is 0 Å². The van der Waals surface area contributed by atoms with Crippen LogP contribution in [-0.2, 0) is 0 Å². The second-order valence-electron chi connectivity index (χ2n) is 8.09. The minimum absolute atomic E-state index is 0.0137. The number of hydrogen-bond acceptors (Lipinski definition) is 4. The molecular formula is C26H23FN4O. The highest BCUT2D eigenvalue weighted by Gasteiger charge is 2.29. The van der Waals surface area contributed by atoms with Crippen molar-refractivity contribution in [3.8, 4) is 11.3 Å². The summed E-state index contributed by atoms with van der Waals surface area (Å²) in [6, 6.07) is 23.9. The summed E-state index contributed by atoms with van der Waals surface area (Å²) < 4.78 is 14.3. The van der Waals surface area contributed by atoms with Crippen molar-refractivity contribution < 1.29 is 9.18 Å². The Kier molecular flexibility index (Phi) is 5.27. The van der Waals surface area contributed by atoms with Crippen LogP contribution in [0.1, 0.15) is 17.3 Å². The first kappa shape index (κ1) is 20.1. The molecule has 5 rings (SSSR count). The van der Waals surface area contributed by atoms with Gasteiger partial charge in [0.1, 0.15) is 11.5 Å². The average molecular weight is 426 g/mol. The molecule has 0 radical (unpaired) electrons. The first-order chi connectivity index (χ1) is 15.6. The number of nitrogens with zero attached hydrogens (tertiary/aromatic N) is 4. The molecule has 0 aliphatic carbocycles. The van der Waals surface area contributed by atoms with Gasteiger partial charge in [-0.25, -0.2) is 4.39 Å². The van der Waals surface area contributed by atoms with Gasteiger partial charge >= 0.3 is 0 Å². The van der Waals surface area contributed by atoms with E-state index in [4.69, 9.17) is 0 Å². The number of carbonyl (C=O) groups is 1. The molecule has 1 aliphatic rings. The molecule has 1 aromatic heterocycles. The molecule has 1 unspecified atom stereocenters. The third kappa shape index (κ3) is 3.68. The summed E-state index contributed by atoms with van der Waals surface area (Å²) in [5, 5.41) is 10.6. The predicted octanol–water partition coefficient (Wildman–Crippen LogP) is 4.79. The van der Waals surface area contributed by atoms with Crippen molar-refractivity contribution in [3.05, 3.63) is 90.2 Å². The Morgan fingerprint density at radius 3 is 2.34 bits per heavy atom. The largest absolute Gasteiger partial charge is 0.348 e. The van der Waals surface area contributed by atoms with Crippen LogP contribution in [0.25, 0.3) is 22.0 Å². The Morgan fingerprint density at radius 1 is 0.906 bits per heavy atom. The van der Waals surface area contributed by atoms with E-state index >= 15 is 0 Å². The van der Waals surface area contributed by atoms with Crippen molar-refractivity contribution in [3.63, 3.8) is 0 Å². The van der Waals surface area contributed by atoms with E-state index in [9.17, 15) is 9.18 Å². The number of halogens is 1. The second kappa shape index (κ2) is 8.38. The van der Waals surface area contributed by atoms with Crippen LogP contribution < -0.4 is 4.90 Å². The molecule has 1 atom stereocenters. The fourth-order valence-corrected chi connectivity index (χ4v) is 4.35. The normalized spacial score (nSPS) is 16.4. The van der Waals surface area contributed by atoms with E-state index in [0.717, 1.165) is 22.0 Å². The summed E-state index contributed by atoms with van der Waals surface area (Å²) in [6.45, 7) is 3.79. The number of piperazine rings is 1. The number of hydrogen-bond donors (Lipinski definition) is 0. The quantitative estimate of drug-likeness (QED) is 0.473. The number of benzene rings is 3. The van der Waals surface area contributed by atoms with Crippen LogP contribution >= 0.6 is 0 Å². The van der Waals surface area contributed by atoms with Gasteiger partial charge in [-0.05, 0) is 37.3 Å². The van der Waals surface area contributed by atoms with Gasteiger partial charge in [-0.15, -0.1) is 10.2 Å². The molecule has 160 valence electrons. The van der Waals surface area contributed by atoms with Gasteiger partial charge in [0.25, 0.3) is 5.91 Å².